The maximum Gasteiger partial charge on any atom is 0.202 e. The molecule has 0 radical (unpaired) electrons. The van der Waals surface area contributed by atoms with Crippen molar-refractivity contribution in [1.29, 1.82) is 31.6 Å². The summed E-state index contributed by atoms with van der Waals surface area (Å²) in [5.41, 5.74) is 1.08. The van der Waals surface area contributed by atoms with E-state index in [4.69, 9.17) is 0 Å². The van der Waals surface area contributed by atoms with Crippen molar-refractivity contribution >= 4 is 45.5 Å². The van der Waals surface area contributed by atoms with E-state index in [-0.39, 0.29) is 34.2 Å². The van der Waals surface area contributed by atoms with Gasteiger partial charge in [0, 0.05) is 7.05 Å². The van der Waals surface area contributed by atoms with Crippen LogP contribution in [0.1, 0.15) is 6.92 Å². The zero-order valence-corrected chi connectivity index (χ0v) is 16.3. The van der Waals surface area contributed by atoms with E-state index in [1.807, 2.05) is 36.5 Å². The van der Waals surface area contributed by atoms with Gasteiger partial charge in [-0.3, -0.25) is 0 Å². The fourth-order valence-corrected chi connectivity index (χ4v) is 3.20. The first-order valence-electron chi connectivity index (χ1n) is 8.79. The number of nitriles is 6. The largest absolute Gasteiger partial charge is 0.385 e. The van der Waals surface area contributed by atoms with Crippen molar-refractivity contribution in [2.45, 2.75) is 19.1 Å². The third-order valence-corrected chi connectivity index (χ3v) is 4.67. The summed E-state index contributed by atoms with van der Waals surface area (Å²) in [6.07, 6.45) is 0.898. The highest BCUT2D eigenvalue weighted by molar-refractivity contribution is 6.18. The van der Waals surface area contributed by atoms with Crippen LogP contribution < -0.4 is 20.9 Å². The number of aliphatic imine (C=N–C) groups is 2. The van der Waals surface area contributed by atoms with Crippen LogP contribution >= 0.6 is 0 Å². The van der Waals surface area contributed by atoms with Crippen LogP contribution in [0.2, 0.25) is 0 Å². The van der Waals surface area contributed by atoms with Crippen molar-refractivity contribution in [3.05, 3.63) is 0 Å². The van der Waals surface area contributed by atoms with E-state index in [1.165, 1.54) is 6.92 Å². The van der Waals surface area contributed by atoms with Crippen LogP contribution in [-0.4, -0.2) is 30.7 Å². The normalized spacial score (nSPS) is 19.2. The number of hydrogen-bond acceptors (Lipinski definition) is 12. The summed E-state index contributed by atoms with van der Waals surface area (Å²) in [6.45, 7) is 1.51. The minimum absolute atomic E-state index is 0.0933. The Morgan fingerprint density at radius 1 is 1.13 bits per heavy atom. The summed E-state index contributed by atoms with van der Waals surface area (Å²) >= 11 is 0. The number of hydrogen-bond donors (Lipinski definition) is 3. The first-order valence-corrected chi connectivity index (χ1v) is 8.79. The van der Waals surface area contributed by atoms with Gasteiger partial charge in [-0.1, -0.05) is 0 Å². The van der Waals surface area contributed by atoms with Crippen molar-refractivity contribution in [2.24, 2.45) is 15.9 Å². The van der Waals surface area contributed by atoms with Gasteiger partial charge in [0.25, 0.3) is 0 Å². The van der Waals surface area contributed by atoms with Gasteiger partial charge in [0.05, 0.1) is 35.1 Å². The van der Waals surface area contributed by atoms with Crippen molar-refractivity contribution < 1.29 is 0 Å². The molecular formula is C19H12N12. The first kappa shape index (κ1) is 20.4. The molecule has 3 rings (SSSR count). The van der Waals surface area contributed by atoms with Crippen molar-refractivity contribution in [1.82, 2.24) is 0 Å². The van der Waals surface area contributed by atoms with E-state index in [9.17, 15) is 31.6 Å². The van der Waals surface area contributed by atoms with Gasteiger partial charge in [-0.05, 0) is 6.92 Å². The van der Waals surface area contributed by atoms with Gasteiger partial charge in [0.2, 0.25) is 6.17 Å². The molecule has 0 saturated heterocycles. The molecule has 2 aliphatic heterocycles. The lowest BCUT2D eigenvalue weighted by molar-refractivity contribution is 0.939. The molecule has 3 N–H and O–H groups in total. The van der Waals surface area contributed by atoms with Gasteiger partial charge in [0.15, 0.2) is 17.9 Å². The van der Waals surface area contributed by atoms with Crippen LogP contribution in [-0.2, 0) is 0 Å². The lowest BCUT2D eigenvalue weighted by Gasteiger charge is -2.26. The lowest BCUT2D eigenvalue weighted by atomic mass is 10.0. The van der Waals surface area contributed by atoms with Crippen molar-refractivity contribution in [3.8, 4) is 36.5 Å². The second-order valence-corrected chi connectivity index (χ2v) is 6.34. The third kappa shape index (κ3) is 3.04. The smallest absolute Gasteiger partial charge is 0.202 e. The van der Waals surface area contributed by atoms with Gasteiger partial charge in [-0.15, -0.1) is 0 Å². The van der Waals surface area contributed by atoms with Gasteiger partial charge in [-0.2, -0.15) is 31.6 Å². The zero-order valence-electron chi connectivity index (χ0n) is 16.3. The molecule has 12 nitrogen and oxygen atoms in total. The second kappa shape index (κ2) is 7.98. The quantitative estimate of drug-likeness (QED) is 0.489. The highest BCUT2D eigenvalue weighted by atomic mass is 15.3. The number of fused-ring (bicyclic) bond motifs is 3. The molecule has 0 bridgehead atoms. The van der Waals surface area contributed by atoms with Crippen LogP contribution in [0.3, 0.4) is 0 Å². The highest BCUT2D eigenvalue weighted by Crippen LogP contribution is 2.57. The Morgan fingerprint density at radius 3 is 2.39 bits per heavy atom. The molecule has 3 unspecified atom stereocenters. The van der Waals surface area contributed by atoms with E-state index in [0.717, 1.165) is 4.90 Å². The number of rotatable bonds is 3. The van der Waals surface area contributed by atoms with Crippen LogP contribution in [0, 0.1) is 74.0 Å². The average Bonchev–Trinajstić information content (AvgIpc) is 3.19. The Balaban J connectivity index is 2.47. The lowest BCUT2D eigenvalue weighted by Crippen LogP contribution is -2.32. The molecule has 1 aromatic rings. The molecule has 0 spiro atoms. The minimum Gasteiger partial charge on any atom is -0.385 e. The summed E-state index contributed by atoms with van der Waals surface area (Å²) in [6, 6.07) is 8.49. The van der Waals surface area contributed by atoms with Gasteiger partial charge >= 0.3 is 0 Å². The predicted octanol–water partition coefficient (Wildman–Crippen LogP) is 1.96. The zero-order chi connectivity index (χ0) is 22.7. The van der Waals surface area contributed by atoms with Gasteiger partial charge < -0.3 is 16.0 Å². The second-order valence-electron chi connectivity index (χ2n) is 6.34. The molecule has 148 valence electrons. The summed E-state index contributed by atoms with van der Waals surface area (Å²) < 4.78 is 0. The highest BCUT2D eigenvalue weighted by Gasteiger charge is 2.40. The Kier molecular flexibility index (Phi) is 5.26. The molecule has 2 aliphatic rings. The van der Waals surface area contributed by atoms with E-state index in [1.54, 1.807) is 7.05 Å². The maximum atomic E-state index is 9.64. The molecule has 0 aromatic heterocycles. The molecule has 31 heavy (non-hydrogen) atoms. The Labute approximate surface area is 177 Å². The average molecular weight is 408 g/mol. The monoisotopic (exact) mass is 408 g/mol. The Hall–Kier alpha value is -5.30. The maximum absolute atomic E-state index is 9.64. The van der Waals surface area contributed by atoms with Gasteiger partial charge in [0.1, 0.15) is 41.0 Å². The molecular weight excluding hydrogens is 396 g/mol. The molecule has 0 amide bonds. The van der Waals surface area contributed by atoms with E-state index < -0.39 is 18.1 Å². The first-order chi connectivity index (χ1) is 15.0. The summed E-state index contributed by atoms with van der Waals surface area (Å²) in [5.74, 6) is -0.822. The molecule has 2 heterocycles. The Bertz CT molecular complexity index is 1280. The van der Waals surface area contributed by atoms with Crippen molar-refractivity contribution in [3.63, 3.8) is 0 Å². The van der Waals surface area contributed by atoms with Gasteiger partial charge in [-0.25, -0.2) is 14.9 Å². The number of anilines is 4. The van der Waals surface area contributed by atoms with Crippen LogP contribution in [0.25, 0.3) is 0 Å². The minimum atomic E-state index is -1.09. The van der Waals surface area contributed by atoms with E-state index in [0.29, 0.717) is 11.4 Å². The topological polar surface area (TPSA) is 207 Å². The SMILES string of the molecule is CNc1c(/N=C(/C#N)C(C)C#N)c2c(c3c1NC(C#N)N3C#N)NC(C#N)C(C#N)=N2. The fourth-order valence-electron chi connectivity index (χ4n) is 3.20. The number of nitrogens with zero attached hydrogens (tertiary/aromatic N) is 9. The van der Waals surface area contributed by atoms with Crippen LogP contribution in [0.5, 0.6) is 0 Å². The third-order valence-electron chi connectivity index (χ3n) is 4.67. The summed E-state index contributed by atoms with van der Waals surface area (Å²) in [7, 11) is 1.57. The predicted molar refractivity (Wildman–Crippen MR) is 110 cm³/mol. The summed E-state index contributed by atoms with van der Waals surface area (Å²) in [4.78, 5) is 9.73. The van der Waals surface area contributed by atoms with Crippen LogP contribution in [0.15, 0.2) is 9.98 Å². The molecule has 0 aliphatic carbocycles. The molecule has 0 saturated carbocycles. The number of nitrogens with one attached hydrogen (secondary N) is 3. The fraction of sp³-hybridized carbons (Fsp3) is 0.263. The van der Waals surface area contributed by atoms with Crippen LogP contribution in [0.4, 0.5) is 34.1 Å². The Morgan fingerprint density at radius 2 is 1.87 bits per heavy atom. The standard InChI is InChI=1S/C19H12N12/c1-9(3-20)10(4-21)27-15-14(26-2)17-19(31(8-25)13(7-24)30-17)18-16(15)28-11(5-22)12(6-23)29-18/h9,12-13,26,29-30H,1-2H3/b27-10-. The molecule has 0 fully saturated rings. The molecule has 12 heteroatoms. The van der Waals surface area contributed by atoms with E-state index >= 15 is 0 Å². The number of benzene rings is 1. The molecule has 3 atom stereocenters. The van der Waals surface area contributed by atoms with Crippen molar-refractivity contribution in [2.75, 3.05) is 27.9 Å². The summed E-state index contributed by atoms with van der Waals surface area (Å²) in [5, 5.41) is 65.4. The molecule has 1 aromatic carbocycles. The van der Waals surface area contributed by atoms with E-state index in [2.05, 4.69) is 25.9 Å².